The quantitative estimate of drug-likeness (QED) is 0.569. The molecule has 1 aliphatic rings. The molecule has 2 aromatic carbocycles. The van der Waals surface area contributed by atoms with E-state index in [0.29, 0.717) is 36.0 Å². The van der Waals surface area contributed by atoms with E-state index in [2.05, 4.69) is 25.8 Å². The van der Waals surface area contributed by atoms with Gasteiger partial charge in [-0.1, -0.05) is 27.3 Å². The van der Waals surface area contributed by atoms with Gasteiger partial charge in [-0.05, 0) is 42.5 Å². The van der Waals surface area contributed by atoms with Crippen LogP contribution in [0.1, 0.15) is 10.4 Å². The molecule has 1 aromatic heterocycles. The summed E-state index contributed by atoms with van der Waals surface area (Å²) in [6.07, 6.45) is 0. The number of thiazole rings is 1. The average molecular weight is 464 g/mol. The van der Waals surface area contributed by atoms with Gasteiger partial charge in [0.2, 0.25) is 0 Å². The third-order valence-electron chi connectivity index (χ3n) is 4.65. The summed E-state index contributed by atoms with van der Waals surface area (Å²) in [7, 11) is 0. The molecule has 1 amide bonds. The van der Waals surface area contributed by atoms with Gasteiger partial charge in [0, 0.05) is 36.2 Å². The van der Waals surface area contributed by atoms with Crippen molar-refractivity contribution in [1.29, 1.82) is 0 Å². The van der Waals surface area contributed by atoms with Crippen LogP contribution in [0.25, 0.3) is 10.2 Å². The van der Waals surface area contributed by atoms with Crippen molar-refractivity contribution in [2.24, 2.45) is 0 Å². The second-order valence-corrected chi connectivity index (χ2v) is 8.45. The summed E-state index contributed by atoms with van der Waals surface area (Å²) >= 11 is 4.73. The molecule has 0 N–H and O–H groups in total. The first-order valence-corrected chi connectivity index (χ1v) is 10.6. The van der Waals surface area contributed by atoms with Crippen molar-refractivity contribution in [1.82, 2.24) is 9.88 Å². The summed E-state index contributed by atoms with van der Waals surface area (Å²) in [5, 5.41) is 0.585. The second-order valence-electron chi connectivity index (χ2n) is 6.53. The predicted octanol–water partition coefficient (Wildman–Crippen LogP) is 4.18. The Morgan fingerprint density at radius 3 is 2.71 bits per heavy atom. The predicted molar refractivity (Wildman–Crippen MR) is 113 cm³/mol. The molecule has 3 aromatic rings. The molecule has 0 atom stereocenters. The molecule has 28 heavy (non-hydrogen) atoms. The molecule has 0 bridgehead atoms. The van der Waals surface area contributed by atoms with E-state index in [0.717, 1.165) is 28.8 Å². The Balaban J connectivity index is 1.62. The number of carbonyl (C=O) groups excluding carboxylic acids is 1. The normalized spacial score (nSPS) is 15.1. The Morgan fingerprint density at radius 1 is 1.21 bits per heavy atom. The highest BCUT2D eigenvalue weighted by Gasteiger charge is 2.23. The number of benzene rings is 2. The fourth-order valence-corrected chi connectivity index (χ4v) is 4.38. The zero-order valence-corrected chi connectivity index (χ0v) is 17.5. The van der Waals surface area contributed by atoms with Gasteiger partial charge in [-0.2, -0.15) is 0 Å². The van der Waals surface area contributed by atoms with Crippen LogP contribution in [0.4, 0.5) is 9.52 Å². The SMILES string of the molecule is O=C(c1ccc(Br)cc1)N(CCN1CCOCC1)c1nc2ccc(F)cc2s1. The second kappa shape index (κ2) is 8.65. The van der Waals surface area contributed by atoms with E-state index in [9.17, 15) is 9.18 Å². The topological polar surface area (TPSA) is 45.7 Å². The van der Waals surface area contributed by atoms with Gasteiger partial charge in [0.1, 0.15) is 5.82 Å². The molecule has 1 fully saturated rings. The van der Waals surface area contributed by atoms with Crippen LogP contribution in [-0.2, 0) is 4.74 Å². The summed E-state index contributed by atoms with van der Waals surface area (Å²) in [5.74, 6) is -0.415. The number of fused-ring (bicyclic) bond motifs is 1. The number of hydrogen-bond donors (Lipinski definition) is 0. The molecule has 0 saturated carbocycles. The number of hydrogen-bond acceptors (Lipinski definition) is 5. The first-order valence-electron chi connectivity index (χ1n) is 9.04. The number of amides is 1. The minimum atomic E-state index is -0.304. The number of morpholine rings is 1. The van der Waals surface area contributed by atoms with Crippen molar-refractivity contribution in [2.75, 3.05) is 44.3 Å². The maximum absolute atomic E-state index is 13.6. The molecule has 2 heterocycles. The molecule has 0 radical (unpaired) electrons. The van der Waals surface area contributed by atoms with Crippen LogP contribution in [0.5, 0.6) is 0 Å². The number of anilines is 1. The van der Waals surface area contributed by atoms with Gasteiger partial charge < -0.3 is 4.74 Å². The highest BCUT2D eigenvalue weighted by atomic mass is 79.9. The Hall–Kier alpha value is -1.87. The lowest BCUT2D eigenvalue weighted by atomic mass is 10.2. The molecule has 0 aliphatic carbocycles. The summed E-state index contributed by atoms with van der Waals surface area (Å²) < 4.78 is 20.6. The lowest BCUT2D eigenvalue weighted by Gasteiger charge is -2.29. The molecular weight excluding hydrogens is 445 g/mol. The van der Waals surface area contributed by atoms with Crippen LogP contribution < -0.4 is 4.90 Å². The van der Waals surface area contributed by atoms with Crippen molar-refractivity contribution in [3.05, 3.63) is 58.3 Å². The minimum absolute atomic E-state index is 0.111. The van der Waals surface area contributed by atoms with Crippen LogP contribution in [-0.4, -0.2) is 55.2 Å². The first-order chi connectivity index (χ1) is 13.6. The monoisotopic (exact) mass is 463 g/mol. The number of halogens is 2. The van der Waals surface area contributed by atoms with Crippen LogP contribution in [0.15, 0.2) is 46.9 Å². The zero-order chi connectivity index (χ0) is 19.5. The zero-order valence-electron chi connectivity index (χ0n) is 15.1. The van der Waals surface area contributed by atoms with Crippen LogP contribution >= 0.6 is 27.3 Å². The van der Waals surface area contributed by atoms with Crippen molar-refractivity contribution in [3.8, 4) is 0 Å². The van der Waals surface area contributed by atoms with Gasteiger partial charge in [0.05, 0.1) is 23.4 Å². The molecule has 4 rings (SSSR count). The Labute approximate surface area is 174 Å². The van der Waals surface area contributed by atoms with Gasteiger partial charge in [0.15, 0.2) is 5.13 Å². The van der Waals surface area contributed by atoms with Crippen LogP contribution in [0, 0.1) is 5.82 Å². The van der Waals surface area contributed by atoms with E-state index < -0.39 is 0 Å². The highest BCUT2D eigenvalue weighted by Crippen LogP contribution is 2.30. The summed E-state index contributed by atoms with van der Waals surface area (Å²) in [4.78, 5) is 21.8. The van der Waals surface area contributed by atoms with Gasteiger partial charge in [-0.3, -0.25) is 14.6 Å². The summed E-state index contributed by atoms with van der Waals surface area (Å²) in [6.45, 7) is 4.37. The molecule has 146 valence electrons. The Bertz CT molecular complexity index is 973. The molecule has 1 saturated heterocycles. The van der Waals surface area contributed by atoms with Gasteiger partial charge >= 0.3 is 0 Å². The van der Waals surface area contributed by atoms with Crippen LogP contribution in [0.2, 0.25) is 0 Å². The summed E-state index contributed by atoms with van der Waals surface area (Å²) in [6, 6.07) is 11.8. The minimum Gasteiger partial charge on any atom is -0.379 e. The number of ether oxygens (including phenoxy) is 1. The number of rotatable bonds is 5. The third-order valence-corrected chi connectivity index (χ3v) is 6.22. The third kappa shape index (κ3) is 4.41. The molecule has 5 nitrogen and oxygen atoms in total. The molecular formula is C20H19BrFN3O2S. The van der Waals surface area contributed by atoms with Gasteiger partial charge in [-0.15, -0.1) is 0 Å². The largest absolute Gasteiger partial charge is 0.379 e. The molecule has 0 unspecified atom stereocenters. The van der Waals surface area contributed by atoms with E-state index in [1.807, 2.05) is 12.1 Å². The lowest BCUT2D eigenvalue weighted by molar-refractivity contribution is 0.0391. The number of aromatic nitrogens is 1. The maximum atomic E-state index is 13.6. The van der Waals surface area contributed by atoms with Gasteiger partial charge in [0.25, 0.3) is 5.91 Å². The van der Waals surface area contributed by atoms with E-state index >= 15 is 0 Å². The highest BCUT2D eigenvalue weighted by molar-refractivity contribution is 9.10. The van der Waals surface area contributed by atoms with Crippen molar-refractivity contribution >= 4 is 48.5 Å². The van der Waals surface area contributed by atoms with E-state index in [4.69, 9.17) is 4.74 Å². The number of carbonyl (C=O) groups is 1. The average Bonchev–Trinajstić information content (AvgIpc) is 3.12. The molecule has 0 spiro atoms. The Kier molecular flexibility index (Phi) is 6.01. The van der Waals surface area contributed by atoms with Crippen molar-refractivity contribution in [2.45, 2.75) is 0 Å². The molecule has 1 aliphatic heterocycles. The first kappa shape index (κ1) is 19.4. The van der Waals surface area contributed by atoms with E-state index in [-0.39, 0.29) is 11.7 Å². The number of nitrogens with zero attached hydrogens (tertiary/aromatic N) is 3. The fraction of sp³-hybridized carbons (Fsp3) is 0.300. The Morgan fingerprint density at radius 2 is 1.96 bits per heavy atom. The smallest absolute Gasteiger partial charge is 0.260 e. The fourth-order valence-electron chi connectivity index (χ4n) is 3.10. The lowest BCUT2D eigenvalue weighted by Crippen LogP contribution is -2.43. The molecule has 8 heteroatoms. The van der Waals surface area contributed by atoms with Crippen molar-refractivity contribution in [3.63, 3.8) is 0 Å². The van der Waals surface area contributed by atoms with Crippen LogP contribution in [0.3, 0.4) is 0 Å². The van der Waals surface area contributed by atoms with Gasteiger partial charge in [-0.25, -0.2) is 9.37 Å². The standard InChI is InChI=1S/C20H19BrFN3O2S/c21-15-3-1-14(2-4-15)19(26)25(8-7-24-9-11-27-12-10-24)20-23-17-6-5-16(22)13-18(17)28-20/h1-6,13H,7-12H2. The van der Waals surface area contributed by atoms with E-state index in [1.54, 1.807) is 23.1 Å². The van der Waals surface area contributed by atoms with Crippen molar-refractivity contribution < 1.29 is 13.9 Å². The van der Waals surface area contributed by atoms with E-state index in [1.165, 1.54) is 23.5 Å². The summed E-state index contributed by atoms with van der Waals surface area (Å²) in [5.41, 5.74) is 1.29. The maximum Gasteiger partial charge on any atom is 0.260 e.